The fourth-order valence-corrected chi connectivity index (χ4v) is 6.85. The molecule has 0 aliphatic heterocycles. The van der Waals surface area contributed by atoms with Gasteiger partial charge in [-0.25, -0.2) is 0 Å². The molecule has 2 aliphatic rings. The molecule has 0 bridgehead atoms. The first-order valence-corrected chi connectivity index (χ1v) is 23.5. The summed E-state index contributed by atoms with van der Waals surface area (Å²) in [7, 11) is 1.99. The smallest absolute Gasteiger partial charge is 0.00489 e. The Balaban J connectivity index is -0.000000264. The molecule has 2 saturated carbocycles. The molecule has 0 heterocycles. The summed E-state index contributed by atoms with van der Waals surface area (Å²) in [6.07, 6.45) is 31.4. The minimum absolute atomic E-state index is 0.840. The van der Waals surface area contributed by atoms with Gasteiger partial charge in [-0.3, -0.25) is 0 Å². The zero-order valence-electron chi connectivity index (χ0n) is 39.3. The largest absolute Gasteiger partial charge is 0.320 e. The molecule has 2 aliphatic carbocycles. The van der Waals surface area contributed by atoms with Gasteiger partial charge in [-0.2, -0.15) is 0 Å². The molecule has 2 heteroatoms. The van der Waals surface area contributed by atoms with E-state index in [-0.39, 0.29) is 0 Å². The van der Waals surface area contributed by atoms with Crippen LogP contribution in [0.3, 0.4) is 0 Å². The number of hydrogen-bond donors (Lipinski definition) is 2. The highest BCUT2D eigenvalue weighted by atomic mass is 14.8. The van der Waals surface area contributed by atoms with Crippen LogP contribution in [0.2, 0.25) is 0 Å². The first-order chi connectivity index (χ1) is 24.2. The van der Waals surface area contributed by atoms with E-state index in [4.69, 9.17) is 0 Å². The topological polar surface area (TPSA) is 24.1 Å². The van der Waals surface area contributed by atoms with Gasteiger partial charge in [0.2, 0.25) is 0 Å². The lowest BCUT2D eigenvalue weighted by atomic mass is 9.84. The van der Waals surface area contributed by atoms with Gasteiger partial charge >= 0.3 is 0 Å². The maximum absolute atomic E-state index is 3.46. The van der Waals surface area contributed by atoms with Crippen molar-refractivity contribution in [2.75, 3.05) is 26.7 Å². The van der Waals surface area contributed by atoms with Gasteiger partial charge in [0.1, 0.15) is 0 Å². The van der Waals surface area contributed by atoms with Crippen LogP contribution in [0.25, 0.3) is 0 Å². The number of unbranched alkanes of at least 4 members (excludes halogenated alkanes) is 3. The summed E-state index contributed by atoms with van der Waals surface area (Å²) in [6.45, 7) is 37.7. The van der Waals surface area contributed by atoms with E-state index in [9.17, 15) is 0 Å². The highest BCUT2D eigenvalue weighted by Crippen LogP contribution is 2.30. The van der Waals surface area contributed by atoms with Crippen molar-refractivity contribution in [1.29, 1.82) is 0 Å². The second kappa shape index (κ2) is 46.1. The van der Waals surface area contributed by atoms with Crippen LogP contribution in [0.4, 0.5) is 0 Å². The average Bonchev–Trinajstić information content (AvgIpc) is 3.56. The predicted octanol–water partition coefficient (Wildman–Crippen LogP) is 16.6. The summed E-state index contributed by atoms with van der Waals surface area (Å²) in [5.74, 6) is 7.53. The maximum Gasteiger partial charge on any atom is -0.00489 e. The minimum atomic E-state index is 0.840. The Morgan fingerprint density at radius 3 is 1.08 bits per heavy atom. The van der Waals surface area contributed by atoms with Gasteiger partial charge in [0.25, 0.3) is 0 Å². The first kappa shape index (κ1) is 57.6. The van der Waals surface area contributed by atoms with Gasteiger partial charge in [0.05, 0.1) is 0 Å². The van der Waals surface area contributed by atoms with Gasteiger partial charge in [0, 0.05) is 0 Å². The first-order valence-electron chi connectivity index (χ1n) is 23.5. The molecule has 2 rings (SSSR count). The van der Waals surface area contributed by atoms with Crippen LogP contribution < -0.4 is 10.6 Å². The second-order valence-electron chi connectivity index (χ2n) is 18.9. The predicted molar refractivity (Wildman–Crippen MR) is 241 cm³/mol. The summed E-state index contributed by atoms with van der Waals surface area (Å²) in [4.78, 5) is 0. The molecule has 314 valence electrons. The molecule has 2 fully saturated rings. The average molecular weight is 725 g/mol. The van der Waals surface area contributed by atoms with Crippen molar-refractivity contribution < 1.29 is 0 Å². The Labute approximate surface area is 328 Å². The number of nitrogens with one attached hydrogen (secondary N) is 2. The second-order valence-corrected chi connectivity index (χ2v) is 18.9. The molecule has 0 atom stereocenters. The molecule has 51 heavy (non-hydrogen) atoms. The van der Waals surface area contributed by atoms with Crippen LogP contribution in [0.15, 0.2) is 0 Å². The zero-order chi connectivity index (χ0) is 39.7. The highest BCUT2D eigenvalue weighted by molar-refractivity contribution is 4.68. The third-order valence-corrected chi connectivity index (χ3v) is 9.87. The standard InChI is InChI=1S/C11H25N.C10H20.C9H18.C7H16.C6H15N.C6H14/c1-4-5-9-12-10-7-6-8-11(2)3;1-9(2)8-10-6-4-3-5-7-10;1-8(2)7-9-5-3-4-6-9;1-4-5-6-7(2)3;1-6(2)4-5-7-3;1-4-5-6(2)3/h11-12H,4-10H2,1-3H3;9-10H,3-8H2,1-2H3;8-9H,3-7H2,1-2H3;7H,4-6H2,1-3H3;6-7H,4-5H2,1-3H3;6H,4-5H2,1-3H3. The van der Waals surface area contributed by atoms with Gasteiger partial charge in [0.15, 0.2) is 0 Å². The van der Waals surface area contributed by atoms with Crippen molar-refractivity contribution in [3.63, 3.8) is 0 Å². The van der Waals surface area contributed by atoms with Crippen LogP contribution >= 0.6 is 0 Å². The van der Waals surface area contributed by atoms with E-state index in [0.29, 0.717) is 0 Å². The van der Waals surface area contributed by atoms with Gasteiger partial charge in [-0.15, -0.1) is 0 Å². The SMILES string of the molecule is CC(C)CC1CCCC1.CC(C)CC1CCCCC1.CCCC(C)C.CCCCC(C)C.CCCCNCCCCC(C)C.CNCCC(C)C. The molecular weight excluding hydrogens is 617 g/mol. The molecule has 0 aromatic rings. The fourth-order valence-electron chi connectivity index (χ4n) is 6.85. The van der Waals surface area contributed by atoms with Crippen molar-refractivity contribution >= 4 is 0 Å². The van der Waals surface area contributed by atoms with Gasteiger partial charge in [-0.05, 0) is 106 Å². The zero-order valence-corrected chi connectivity index (χ0v) is 39.3. The summed E-state index contributed by atoms with van der Waals surface area (Å²) < 4.78 is 0. The fraction of sp³-hybridized carbons (Fsp3) is 1.00. The Hall–Kier alpha value is -0.0800. The van der Waals surface area contributed by atoms with Crippen molar-refractivity contribution in [2.45, 2.75) is 245 Å². The molecule has 0 radical (unpaired) electrons. The quantitative estimate of drug-likeness (QED) is 0.122. The Kier molecular flexibility index (Phi) is 52.1. The summed E-state index contributed by atoms with van der Waals surface area (Å²) in [5.41, 5.74) is 0. The van der Waals surface area contributed by atoms with Crippen LogP contribution in [0, 0.1) is 47.3 Å². The van der Waals surface area contributed by atoms with E-state index in [1.807, 2.05) is 7.05 Å². The van der Waals surface area contributed by atoms with Crippen molar-refractivity contribution in [2.24, 2.45) is 47.3 Å². The Morgan fingerprint density at radius 1 is 0.392 bits per heavy atom. The molecule has 2 nitrogen and oxygen atoms in total. The van der Waals surface area contributed by atoms with Crippen LogP contribution in [0.5, 0.6) is 0 Å². The molecule has 0 amide bonds. The molecule has 2 N–H and O–H groups in total. The van der Waals surface area contributed by atoms with E-state index in [1.165, 1.54) is 154 Å². The van der Waals surface area contributed by atoms with Gasteiger partial charge in [-0.1, -0.05) is 213 Å². The van der Waals surface area contributed by atoms with Crippen LogP contribution in [-0.2, 0) is 0 Å². The minimum Gasteiger partial charge on any atom is -0.320 e. The molecular formula is C49H108N2. The number of hydrogen-bond acceptors (Lipinski definition) is 2. The van der Waals surface area contributed by atoms with Crippen molar-refractivity contribution in [1.82, 2.24) is 10.6 Å². The summed E-state index contributed by atoms with van der Waals surface area (Å²) >= 11 is 0. The Bertz CT molecular complexity index is 555. The molecule has 0 aromatic carbocycles. The lowest BCUT2D eigenvalue weighted by Crippen LogP contribution is -2.16. The summed E-state index contributed by atoms with van der Waals surface area (Å²) in [5, 5.41) is 6.56. The van der Waals surface area contributed by atoms with E-state index < -0.39 is 0 Å². The molecule has 0 saturated heterocycles. The van der Waals surface area contributed by atoms with Crippen molar-refractivity contribution in [3.8, 4) is 0 Å². The molecule has 0 unspecified atom stereocenters. The van der Waals surface area contributed by atoms with E-state index in [1.54, 1.807) is 0 Å². The van der Waals surface area contributed by atoms with E-state index in [2.05, 4.69) is 114 Å². The van der Waals surface area contributed by atoms with E-state index in [0.717, 1.165) is 53.9 Å². The highest BCUT2D eigenvalue weighted by Gasteiger charge is 2.15. The third-order valence-electron chi connectivity index (χ3n) is 9.87. The molecule has 0 spiro atoms. The van der Waals surface area contributed by atoms with Crippen LogP contribution in [0.1, 0.15) is 245 Å². The van der Waals surface area contributed by atoms with Crippen LogP contribution in [-0.4, -0.2) is 26.7 Å². The molecule has 0 aromatic heterocycles. The van der Waals surface area contributed by atoms with Gasteiger partial charge < -0.3 is 10.6 Å². The summed E-state index contributed by atoms with van der Waals surface area (Å²) in [6, 6.07) is 0. The third kappa shape index (κ3) is 62.2. The maximum atomic E-state index is 3.46. The monoisotopic (exact) mass is 725 g/mol. The lowest BCUT2D eigenvalue weighted by molar-refractivity contribution is 0.305. The van der Waals surface area contributed by atoms with E-state index >= 15 is 0 Å². The Morgan fingerprint density at radius 2 is 0.784 bits per heavy atom. The number of rotatable bonds is 20. The normalized spacial score (nSPS) is 14.7. The lowest BCUT2D eigenvalue weighted by Gasteiger charge is -2.22. The van der Waals surface area contributed by atoms with Crippen molar-refractivity contribution in [3.05, 3.63) is 0 Å².